The van der Waals surface area contributed by atoms with E-state index in [1.807, 2.05) is 4.90 Å². The van der Waals surface area contributed by atoms with Crippen LogP contribution in [0.15, 0.2) is 35.3 Å². The van der Waals surface area contributed by atoms with Crippen molar-refractivity contribution in [3.05, 3.63) is 35.9 Å². The molecule has 2 aliphatic heterocycles. The van der Waals surface area contributed by atoms with Crippen molar-refractivity contribution in [1.82, 2.24) is 20.4 Å². The maximum absolute atomic E-state index is 12.5. The first-order chi connectivity index (χ1) is 14.5. The van der Waals surface area contributed by atoms with Gasteiger partial charge in [-0.15, -0.1) is 24.0 Å². The molecule has 0 aromatic heterocycles. The molecule has 1 amide bonds. The van der Waals surface area contributed by atoms with Gasteiger partial charge in [-0.1, -0.05) is 37.3 Å². The van der Waals surface area contributed by atoms with Crippen LogP contribution in [0, 0.1) is 5.92 Å². The monoisotopic (exact) mass is 541 g/mol. The van der Waals surface area contributed by atoms with Crippen LogP contribution in [0.5, 0.6) is 0 Å². The topological polar surface area (TPSA) is 60.0 Å². The number of aliphatic imine (C=N–C) groups is 1. The Morgan fingerprint density at radius 2 is 1.94 bits per heavy atom. The Labute approximate surface area is 205 Å². The summed E-state index contributed by atoms with van der Waals surface area (Å²) in [5.41, 5.74) is 1.38. The smallest absolute Gasteiger partial charge is 0.224 e. The van der Waals surface area contributed by atoms with E-state index in [1.165, 1.54) is 12.0 Å². The van der Waals surface area contributed by atoms with E-state index in [4.69, 9.17) is 0 Å². The van der Waals surface area contributed by atoms with Crippen LogP contribution >= 0.6 is 24.0 Å². The quantitative estimate of drug-likeness (QED) is 0.329. The molecule has 174 valence electrons. The predicted molar refractivity (Wildman–Crippen MR) is 139 cm³/mol. The van der Waals surface area contributed by atoms with Gasteiger partial charge >= 0.3 is 0 Å². The number of carbonyl (C=O) groups is 1. The number of amides is 1. The molecule has 1 aromatic rings. The van der Waals surface area contributed by atoms with Gasteiger partial charge in [-0.3, -0.25) is 14.7 Å². The number of guanidine groups is 1. The average Bonchev–Trinajstić information content (AvgIpc) is 2.75. The second kappa shape index (κ2) is 13.3. The number of nitrogens with zero attached hydrogens (tertiary/aromatic N) is 3. The minimum absolute atomic E-state index is 0. The Bertz CT molecular complexity index is 698. The number of rotatable bonds is 6. The molecule has 2 fully saturated rings. The van der Waals surface area contributed by atoms with Gasteiger partial charge in [-0.05, 0) is 44.1 Å². The average molecular weight is 542 g/mol. The molecule has 0 aliphatic carbocycles. The van der Waals surface area contributed by atoms with Gasteiger partial charge in [0.25, 0.3) is 0 Å². The van der Waals surface area contributed by atoms with E-state index >= 15 is 0 Å². The van der Waals surface area contributed by atoms with Crippen LogP contribution in [0.2, 0.25) is 0 Å². The second-order valence-corrected chi connectivity index (χ2v) is 9.01. The number of hydrogen-bond donors (Lipinski definition) is 2. The molecule has 2 heterocycles. The summed E-state index contributed by atoms with van der Waals surface area (Å²) in [6.07, 6.45) is 5.09. The lowest BCUT2D eigenvalue weighted by atomic mass is 9.97. The maximum Gasteiger partial charge on any atom is 0.224 e. The zero-order chi connectivity index (χ0) is 21.3. The fourth-order valence-electron chi connectivity index (χ4n) is 4.65. The molecule has 7 heteroatoms. The molecule has 1 aromatic carbocycles. The van der Waals surface area contributed by atoms with E-state index in [2.05, 4.69) is 64.7 Å². The first kappa shape index (κ1) is 25.9. The summed E-state index contributed by atoms with van der Waals surface area (Å²) in [6.45, 7) is 9.09. The Morgan fingerprint density at radius 1 is 1.16 bits per heavy atom. The molecule has 6 nitrogen and oxygen atoms in total. The predicted octanol–water partition coefficient (Wildman–Crippen LogP) is 3.47. The third kappa shape index (κ3) is 8.25. The van der Waals surface area contributed by atoms with E-state index in [1.54, 1.807) is 7.05 Å². The van der Waals surface area contributed by atoms with E-state index in [0.29, 0.717) is 31.0 Å². The van der Waals surface area contributed by atoms with Crippen LogP contribution in [0.3, 0.4) is 0 Å². The number of benzene rings is 1. The Kier molecular flexibility index (Phi) is 11.1. The van der Waals surface area contributed by atoms with Crippen LogP contribution < -0.4 is 10.6 Å². The lowest BCUT2D eigenvalue weighted by Gasteiger charge is -2.38. The minimum Gasteiger partial charge on any atom is -0.356 e. The van der Waals surface area contributed by atoms with Gasteiger partial charge in [0.2, 0.25) is 5.91 Å². The molecule has 0 bridgehead atoms. The van der Waals surface area contributed by atoms with E-state index in [-0.39, 0.29) is 29.9 Å². The van der Waals surface area contributed by atoms with Crippen molar-refractivity contribution in [2.75, 3.05) is 33.2 Å². The number of carbonyl (C=O) groups excluding carboxylic acids is 1. The summed E-state index contributed by atoms with van der Waals surface area (Å²) in [6, 6.07) is 11.6. The Hall–Kier alpha value is -1.35. The van der Waals surface area contributed by atoms with Crippen molar-refractivity contribution < 1.29 is 4.79 Å². The van der Waals surface area contributed by atoms with E-state index < -0.39 is 0 Å². The first-order valence-electron chi connectivity index (χ1n) is 11.6. The summed E-state index contributed by atoms with van der Waals surface area (Å²) >= 11 is 0. The molecule has 3 rings (SSSR count). The largest absolute Gasteiger partial charge is 0.356 e. The van der Waals surface area contributed by atoms with Gasteiger partial charge in [0, 0.05) is 58.3 Å². The Morgan fingerprint density at radius 3 is 2.61 bits per heavy atom. The number of piperidine rings is 2. The fourth-order valence-corrected chi connectivity index (χ4v) is 4.65. The molecule has 3 atom stereocenters. The third-order valence-electron chi connectivity index (χ3n) is 6.45. The van der Waals surface area contributed by atoms with Crippen molar-refractivity contribution in [2.24, 2.45) is 10.9 Å². The van der Waals surface area contributed by atoms with Crippen LogP contribution in [0.1, 0.15) is 51.5 Å². The highest BCUT2D eigenvalue weighted by molar-refractivity contribution is 14.0. The number of likely N-dealkylation sites (tertiary alicyclic amines) is 2. The van der Waals surface area contributed by atoms with Gasteiger partial charge in [-0.25, -0.2) is 0 Å². The molecule has 2 N–H and O–H groups in total. The number of nitrogens with one attached hydrogen (secondary N) is 2. The first-order valence-corrected chi connectivity index (χ1v) is 11.6. The van der Waals surface area contributed by atoms with E-state index in [0.717, 1.165) is 51.4 Å². The molecule has 0 radical (unpaired) electrons. The van der Waals surface area contributed by atoms with E-state index in [9.17, 15) is 4.79 Å². The van der Waals surface area contributed by atoms with Crippen LogP contribution in [0.4, 0.5) is 0 Å². The van der Waals surface area contributed by atoms with Crippen molar-refractivity contribution in [2.45, 2.75) is 64.6 Å². The highest BCUT2D eigenvalue weighted by atomic mass is 127. The summed E-state index contributed by atoms with van der Waals surface area (Å²) in [4.78, 5) is 21.4. The maximum atomic E-state index is 12.5. The van der Waals surface area contributed by atoms with Gasteiger partial charge < -0.3 is 15.5 Å². The van der Waals surface area contributed by atoms with Crippen molar-refractivity contribution in [1.29, 1.82) is 0 Å². The van der Waals surface area contributed by atoms with Crippen molar-refractivity contribution >= 4 is 35.8 Å². The second-order valence-electron chi connectivity index (χ2n) is 9.01. The minimum atomic E-state index is 0. The van der Waals surface area contributed by atoms with Gasteiger partial charge in [0.05, 0.1) is 0 Å². The molecular weight excluding hydrogens is 501 g/mol. The zero-order valence-corrected chi connectivity index (χ0v) is 21.7. The summed E-state index contributed by atoms with van der Waals surface area (Å²) in [5, 5.41) is 6.91. The molecule has 0 saturated carbocycles. The molecule has 2 saturated heterocycles. The molecular formula is C24H40IN5O. The number of hydrogen-bond acceptors (Lipinski definition) is 3. The summed E-state index contributed by atoms with van der Waals surface area (Å²) in [5.74, 6) is 1.69. The molecule has 31 heavy (non-hydrogen) atoms. The fraction of sp³-hybridized carbons (Fsp3) is 0.667. The van der Waals surface area contributed by atoms with Gasteiger partial charge in [0.15, 0.2) is 5.96 Å². The number of halogens is 1. The van der Waals surface area contributed by atoms with Crippen LogP contribution in [-0.4, -0.2) is 67.0 Å². The van der Waals surface area contributed by atoms with Gasteiger partial charge in [0.1, 0.15) is 0 Å². The molecule has 2 aliphatic rings. The lowest BCUT2D eigenvalue weighted by Crippen LogP contribution is -2.51. The van der Waals surface area contributed by atoms with Gasteiger partial charge in [-0.2, -0.15) is 0 Å². The Balaban J connectivity index is 0.00000341. The highest BCUT2D eigenvalue weighted by Gasteiger charge is 2.26. The van der Waals surface area contributed by atoms with Crippen molar-refractivity contribution in [3.8, 4) is 0 Å². The zero-order valence-electron chi connectivity index (χ0n) is 19.3. The summed E-state index contributed by atoms with van der Waals surface area (Å²) < 4.78 is 0. The normalized spacial score (nSPS) is 24.9. The van der Waals surface area contributed by atoms with Crippen LogP contribution in [-0.2, 0) is 11.3 Å². The molecule has 3 unspecified atom stereocenters. The molecule has 0 spiro atoms. The summed E-state index contributed by atoms with van der Waals surface area (Å²) in [7, 11) is 1.80. The highest BCUT2D eigenvalue weighted by Crippen LogP contribution is 2.20. The SMILES string of the molecule is CN=C(NCCC(=O)N1CCCC(C)C1)NC1CCN(Cc2ccccc2)C(C)C1.I. The van der Waals surface area contributed by atoms with Crippen LogP contribution in [0.25, 0.3) is 0 Å². The third-order valence-corrected chi connectivity index (χ3v) is 6.45. The lowest BCUT2D eigenvalue weighted by molar-refractivity contribution is -0.132. The standard InChI is InChI=1S/C24H39N5O.HI/c1-19-8-7-14-29(17-19)23(30)11-13-26-24(25-3)27-22-12-15-28(20(2)16-22)18-21-9-5-4-6-10-21;/h4-6,9-10,19-20,22H,7-8,11-18H2,1-3H3,(H2,25,26,27);1H. The van der Waals surface area contributed by atoms with Crippen molar-refractivity contribution in [3.63, 3.8) is 0 Å².